The van der Waals surface area contributed by atoms with E-state index in [9.17, 15) is 14.7 Å². The van der Waals surface area contributed by atoms with Crippen LogP contribution in [0.1, 0.15) is 45.6 Å². The van der Waals surface area contributed by atoms with Gasteiger partial charge in [-0.05, 0) is 62.3 Å². The first-order valence-electron chi connectivity index (χ1n) is 11.9. The predicted molar refractivity (Wildman–Crippen MR) is 141 cm³/mol. The summed E-state index contributed by atoms with van der Waals surface area (Å²) in [6.45, 7) is 5.74. The highest BCUT2D eigenvalue weighted by Crippen LogP contribution is 2.34. The zero-order valence-electron chi connectivity index (χ0n) is 21.5. The number of carbonyl (C=O) groups excluding carboxylic acids is 2. The summed E-state index contributed by atoms with van der Waals surface area (Å²) in [4.78, 5) is 24.2. The standard InChI is InChI=1S/C27H37ClN2O6/c1-16-7-6-8-22(34-4)23(36-27(29)33)10-9-17(2)11-18(3)21(31)15-25(32)30-20-13-19(12-16)14-24(35-5)26(20)28/h6-8,11,13-14,17,21-23,31H,9-10,12,15H2,1-5H3,(H2,29,33)(H,30,32)/b8-6+,16-7+,18-11+/t17-,21-,22+,23?/m0/s1. The van der Waals surface area contributed by atoms with Crippen LogP contribution in [-0.2, 0) is 20.7 Å². The molecule has 0 fully saturated rings. The van der Waals surface area contributed by atoms with Crippen LogP contribution in [0.15, 0.2) is 47.6 Å². The van der Waals surface area contributed by atoms with E-state index in [1.54, 1.807) is 20.1 Å². The average Bonchev–Trinajstić information content (AvgIpc) is 2.80. The number of halogens is 1. The van der Waals surface area contributed by atoms with Gasteiger partial charge in [-0.15, -0.1) is 0 Å². The van der Waals surface area contributed by atoms with Crippen LogP contribution in [0.5, 0.6) is 5.75 Å². The van der Waals surface area contributed by atoms with Gasteiger partial charge < -0.3 is 30.4 Å². The number of hydrogen-bond acceptors (Lipinski definition) is 6. The molecule has 0 radical (unpaired) electrons. The summed E-state index contributed by atoms with van der Waals surface area (Å²) >= 11 is 6.44. The molecule has 2 amide bonds. The van der Waals surface area contributed by atoms with E-state index < -0.39 is 24.4 Å². The topological polar surface area (TPSA) is 120 Å². The number of aliphatic hydroxyl groups excluding tert-OH is 1. The van der Waals surface area contributed by atoms with Gasteiger partial charge in [0.05, 0.1) is 25.3 Å². The number of primary amides is 1. The molecule has 4 atom stereocenters. The number of carbonyl (C=O) groups is 2. The highest BCUT2D eigenvalue weighted by Gasteiger charge is 2.23. The van der Waals surface area contributed by atoms with Crippen LogP contribution < -0.4 is 15.8 Å². The number of benzene rings is 1. The van der Waals surface area contributed by atoms with Crippen molar-refractivity contribution < 1.29 is 28.9 Å². The highest BCUT2D eigenvalue weighted by atomic mass is 35.5. The van der Waals surface area contributed by atoms with Crippen LogP contribution in [-0.4, -0.2) is 49.6 Å². The average molecular weight is 521 g/mol. The van der Waals surface area contributed by atoms with Crippen LogP contribution in [0, 0.1) is 5.92 Å². The normalized spacial score (nSPS) is 28.1. The molecule has 1 aliphatic heterocycles. The molecule has 0 aliphatic carbocycles. The summed E-state index contributed by atoms with van der Waals surface area (Å²) in [5.41, 5.74) is 8.31. The van der Waals surface area contributed by atoms with Gasteiger partial charge in [0.25, 0.3) is 0 Å². The fraction of sp³-hybridized carbons (Fsp3) is 0.481. The van der Waals surface area contributed by atoms with E-state index in [2.05, 4.69) is 5.32 Å². The van der Waals surface area contributed by atoms with Gasteiger partial charge in [-0.25, -0.2) is 4.79 Å². The quantitative estimate of drug-likeness (QED) is 0.485. The number of anilines is 1. The number of ether oxygens (including phenoxy) is 3. The number of nitrogens with one attached hydrogen (secondary N) is 1. The molecule has 1 unspecified atom stereocenters. The molecule has 1 aromatic rings. The largest absolute Gasteiger partial charge is 0.495 e. The van der Waals surface area contributed by atoms with Crippen LogP contribution in [0.2, 0.25) is 5.02 Å². The van der Waals surface area contributed by atoms with Gasteiger partial charge in [-0.1, -0.05) is 48.4 Å². The van der Waals surface area contributed by atoms with Crippen molar-refractivity contribution in [1.29, 1.82) is 0 Å². The Balaban J connectivity index is 2.46. The van der Waals surface area contributed by atoms with Crippen molar-refractivity contribution in [2.45, 2.75) is 64.8 Å². The van der Waals surface area contributed by atoms with Crippen molar-refractivity contribution in [1.82, 2.24) is 0 Å². The fourth-order valence-electron chi connectivity index (χ4n) is 4.11. The van der Waals surface area contributed by atoms with Gasteiger partial charge in [0.2, 0.25) is 5.91 Å². The molecular weight excluding hydrogens is 484 g/mol. The number of nitrogens with two attached hydrogens (primary N) is 1. The molecular formula is C27H37ClN2O6. The van der Waals surface area contributed by atoms with Crippen molar-refractivity contribution in [3.05, 3.63) is 58.2 Å². The van der Waals surface area contributed by atoms with E-state index >= 15 is 0 Å². The lowest BCUT2D eigenvalue weighted by Crippen LogP contribution is -2.34. The van der Waals surface area contributed by atoms with Crippen molar-refractivity contribution >= 4 is 29.3 Å². The molecule has 0 spiro atoms. The lowest BCUT2D eigenvalue weighted by Gasteiger charge is -2.24. The Morgan fingerprint density at radius 3 is 2.58 bits per heavy atom. The Kier molecular flexibility index (Phi) is 11.5. The smallest absolute Gasteiger partial charge is 0.404 e. The second kappa shape index (κ2) is 14.1. The first kappa shape index (κ1) is 29.4. The summed E-state index contributed by atoms with van der Waals surface area (Å²) in [6.07, 6.45) is 6.23. The monoisotopic (exact) mass is 520 g/mol. The van der Waals surface area contributed by atoms with Crippen molar-refractivity contribution in [2.75, 3.05) is 19.5 Å². The SMILES string of the molecule is COc1cc2cc(c1Cl)NC(=O)C[C@H](O)/C(C)=C/[C@@H](C)CCC(OC(N)=O)[C@H](OC)/C=C/C=C(\C)C2. The molecule has 1 aromatic carbocycles. The van der Waals surface area contributed by atoms with E-state index in [0.717, 1.165) is 11.1 Å². The van der Waals surface area contributed by atoms with Crippen LogP contribution >= 0.6 is 11.6 Å². The summed E-state index contributed by atoms with van der Waals surface area (Å²) in [5.74, 6) is 0.118. The first-order chi connectivity index (χ1) is 17.0. The molecule has 0 saturated heterocycles. The molecule has 2 bridgehead atoms. The molecule has 9 heteroatoms. The van der Waals surface area contributed by atoms with Crippen LogP contribution in [0.3, 0.4) is 0 Å². The molecule has 8 nitrogen and oxygen atoms in total. The molecule has 1 heterocycles. The first-order valence-corrected chi connectivity index (χ1v) is 12.3. The molecule has 0 aromatic heterocycles. The maximum atomic E-state index is 12.7. The minimum Gasteiger partial charge on any atom is -0.495 e. The minimum atomic E-state index is -0.962. The van der Waals surface area contributed by atoms with E-state index in [0.29, 0.717) is 41.3 Å². The number of methoxy groups -OCH3 is 2. The maximum absolute atomic E-state index is 12.7. The summed E-state index contributed by atoms with van der Waals surface area (Å²) < 4.78 is 16.3. The lowest BCUT2D eigenvalue weighted by molar-refractivity contribution is -0.117. The van der Waals surface area contributed by atoms with Crippen molar-refractivity contribution in [2.24, 2.45) is 11.7 Å². The van der Waals surface area contributed by atoms with Gasteiger partial charge in [0, 0.05) is 7.11 Å². The summed E-state index contributed by atoms with van der Waals surface area (Å²) in [6, 6.07) is 3.61. The Morgan fingerprint density at radius 2 is 1.94 bits per heavy atom. The number of hydrogen-bond donors (Lipinski definition) is 3. The summed E-state index contributed by atoms with van der Waals surface area (Å²) in [7, 11) is 3.06. The third kappa shape index (κ3) is 9.00. The Hall–Kier alpha value is -2.81. The Labute approximate surface area is 218 Å². The third-order valence-corrected chi connectivity index (χ3v) is 6.41. The minimum absolute atomic E-state index is 0.0442. The van der Waals surface area contributed by atoms with E-state index in [1.807, 2.05) is 44.2 Å². The van der Waals surface area contributed by atoms with Gasteiger partial charge in [0.15, 0.2) is 0 Å². The van der Waals surface area contributed by atoms with Crippen molar-refractivity contribution in [3.63, 3.8) is 0 Å². The summed E-state index contributed by atoms with van der Waals surface area (Å²) in [5, 5.41) is 13.7. The lowest BCUT2D eigenvalue weighted by atomic mass is 9.96. The molecule has 1 aliphatic rings. The maximum Gasteiger partial charge on any atom is 0.404 e. The second-order valence-corrected chi connectivity index (χ2v) is 9.52. The number of aliphatic hydroxyl groups is 1. The van der Waals surface area contributed by atoms with Crippen LogP contribution in [0.25, 0.3) is 0 Å². The van der Waals surface area contributed by atoms with Gasteiger partial charge in [0.1, 0.15) is 23.0 Å². The molecule has 198 valence electrons. The Morgan fingerprint density at radius 1 is 1.22 bits per heavy atom. The molecule has 36 heavy (non-hydrogen) atoms. The number of amides is 2. The number of allylic oxidation sites excluding steroid dienone is 4. The van der Waals surface area contributed by atoms with Gasteiger partial charge in [-0.2, -0.15) is 0 Å². The number of fused-ring (bicyclic) bond motifs is 2. The zero-order valence-corrected chi connectivity index (χ0v) is 22.3. The van der Waals surface area contributed by atoms with E-state index in [1.165, 1.54) is 7.11 Å². The zero-order chi connectivity index (χ0) is 26.8. The highest BCUT2D eigenvalue weighted by molar-refractivity contribution is 6.35. The van der Waals surface area contributed by atoms with E-state index in [-0.39, 0.29) is 18.2 Å². The van der Waals surface area contributed by atoms with Crippen molar-refractivity contribution in [3.8, 4) is 5.75 Å². The van der Waals surface area contributed by atoms with Gasteiger partial charge >= 0.3 is 6.09 Å². The van der Waals surface area contributed by atoms with Crippen LogP contribution in [0.4, 0.5) is 10.5 Å². The van der Waals surface area contributed by atoms with Gasteiger partial charge in [-0.3, -0.25) is 4.79 Å². The number of rotatable bonds is 3. The molecule has 2 rings (SSSR count). The third-order valence-electron chi connectivity index (χ3n) is 6.02. The van der Waals surface area contributed by atoms with E-state index in [4.69, 9.17) is 31.5 Å². The molecule has 0 saturated carbocycles. The second-order valence-electron chi connectivity index (χ2n) is 9.14. The molecule has 4 N–H and O–H groups in total. The predicted octanol–water partition coefficient (Wildman–Crippen LogP) is 4.94. The Bertz CT molecular complexity index is 1020. The fourth-order valence-corrected chi connectivity index (χ4v) is 4.34.